The van der Waals surface area contributed by atoms with Crippen molar-refractivity contribution in [3.63, 3.8) is 0 Å². The van der Waals surface area contributed by atoms with Crippen LogP contribution in [0.1, 0.15) is 19.8 Å². The standard InChI is InChI=1S/C15H21BrN2O2.ClH/c1-11(17)12-3-2-8-18(9-12)15(19)10-20-14-6-4-13(16)5-7-14;/h4-7,11-12H,2-3,8-10,17H2,1H3;1H. The first-order valence-corrected chi connectivity index (χ1v) is 7.77. The van der Waals surface area contributed by atoms with E-state index < -0.39 is 0 Å². The molecule has 0 aliphatic carbocycles. The summed E-state index contributed by atoms with van der Waals surface area (Å²) in [6.45, 7) is 3.66. The highest BCUT2D eigenvalue weighted by molar-refractivity contribution is 9.10. The molecule has 1 aliphatic rings. The smallest absolute Gasteiger partial charge is 0.260 e. The zero-order valence-corrected chi connectivity index (χ0v) is 14.5. The van der Waals surface area contributed by atoms with Crippen molar-refractivity contribution in [2.45, 2.75) is 25.8 Å². The molecule has 1 fully saturated rings. The lowest BCUT2D eigenvalue weighted by molar-refractivity contribution is -0.135. The van der Waals surface area contributed by atoms with E-state index in [2.05, 4.69) is 15.9 Å². The van der Waals surface area contributed by atoms with Crippen molar-refractivity contribution in [2.75, 3.05) is 19.7 Å². The molecule has 21 heavy (non-hydrogen) atoms. The largest absolute Gasteiger partial charge is 0.484 e. The van der Waals surface area contributed by atoms with Gasteiger partial charge in [0.25, 0.3) is 5.91 Å². The fourth-order valence-corrected chi connectivity index (χ4v) is 2.70. The Morgan fingerprint density at radius 2 is 2.14 bits per heavy atom. The number of ether oxygens (including phenoxy) is 1. The van der Waals surface area contributed by atoms with Gasteiger partial charge in [0.05, 0.1) is 0 Å². The summed E-state index contributed by atoms with van der Waals surface area (Å²) in [6.07, 6.45) is 2.13. The zero-order valence-electron chi connectivity index (χ0n) is 12.1. The minimum Gasteiger partial charge on any atom is -0.484 e. The number of nitrogens with zero attached hydrogens (tertiary/aromatic N) is 1. The van der Waals surface area contributed by atoms with Crippen LogP contribution in [0.4, 0.5) is 0 Å². The predicted octanol–water partition coefficient (Wildman–Crippen LogP) is 2.84. The lowest BCUT2D eigenvalue weighted by Gasteiger charge is -2.34. The summed E-state index contributed by atoms with van der Waals surface area (Å²) < 4.78 is 6.52. The maximum absolute atomic E-state index is 12.2. The number of halogens is 2. The van der Waals surface area contributed by atoms with Crippen LogP contribution in [0, 0.1) is 5.92 Å². The third-order valence-electron chi connectivity index (χ3n) is 3.73. The maximum atomic E-state index is 12.2. The van der Waals surface area contributed by atoms with Crippen LogP contribution in [0.5, 0.6) is 5.75 Å². The molecule has 1 aliphatic heterocycles. The van der Waals surface area contributed by atoms with Crippen LogP contribution >= 0.6 is 28.3 Å². The molecule has 1 saturated heterocycles. The molecule has 1 aromatic carbocycles. The summed E-state index contributed by atoms with van der Waals surface area (Å²) in [6, 6.07) is 7.62. The number of amides is 1. The molecule has 0 radical (unpaired) electrons. The van der Waals surface area contributed by atoms with E-state index in [1.807, 2.05) is 36.1 Å². The van der Waals surface area contributed by atoms with Crippen LogP contribution in [-0.4, -0.2) is 36.5 Å². The topological polar surface area (TPSA) is 55.6 Å². The summed E-state index contributed by atoms with van der Waals surface area (Å²) >= 11 is 3.37. The average molecular weight is 378 g/mol. The molecule has 0 spiro atoms. The van der Waals surface area contributed by atoms with Gasteiger partial charge in [-0.3, -0.25) is 4.79 Å². The van der Waals surface area contributed by atoms with Crippen molar-refractivity contribution in [1.82, 2.24) is 4.90 Å². The van der Waals surface area contributed by atoms with Crippen LogP contribution in [0.3, 0.4) is 0 Å². The number of nitrogens with two attached hydrogens (primary N) is 1. The molecular formula is C15H22BrClN2O2. The van der Waals surface area contributed by atoms with E-state index in [0.29, 0.717) is 11.7 Å². The number of carbonyl (C=O) groups is 1. The zero-order chi connectivity index (χ0) is 14.5. The van der Waals surface area contributed by atoms with Crippen molar-refractivity contribution in [3.8, 4) is 5.75 Å². The summed E-state index contributed by atoms with van der Waals surface area (Å²) in [7, 11) is 0. The summed E-state index contributed by atoms with van der Waals surface area (Å²) in [5.41, 5.74) is 5.94. The lowest BCUT2D eigenvalue weighted by atomic mass is 9.92. The Kier molecular flexibility index (Phi) is 7.49. The highest BCUT2D eigenvalue weighted by atomic mass is 79.9. The Labute approximate surface area is 140 Å². The van der Waals surface area contributed by atoms with Crippen molar-refractivity contribution in [3.05, 3.63) is 28.7 Å². The molecule has 2 atom stereocenters. The van der Waals surface area contributed by atoms with Gasteiger partial charge in [-0.1, -0.05) is 15.9 Å². The monoisotopic (exact) mass is 376 g/mol. The Morgan fingerprint density at radius 1 is 1.48 bits per heavy atom. The molecular weight excluding hydrogens is 356 g/mol. The van der Waals surface area contributed by atoms with Gasteiger partial charge in [-0.05, 0) is 49.9 Å². The molecule has 2 rings (SSSR count). The van der Waals surface area contributed by atoms with Gasteiger partial charge >= 0.3 is 0 Å². The molecule has 0 bridgehead atoms. The predicted molar refractivity (Wildman–Crippen MR) is 89.8 cm³/mol. The second-order valence-corrected chi connectivity index (χ2v) is 6.26. The van der Waals surface area contributed by atoms with Crippen LogP contribution in [0.15, 0.2) is 28.7 Å². The van der Waals surface area contributed by atoms with Gasteiger partial charge < -0.3 is 15.4 Å². The Morgan fingerprint density at radius 3 is 2.76 bits per heavy atom. The SMILES string of the molecule is CC(N)C1CCCN(C(=O)COc2ccc(Br)cc2)C1.Cl. The first-order valence-electron chi connectivity index (χ1n) is 6.98. The average Bonchev–Trinajstić information content (AvgIpc) is 2.46. The molecule has 0 saturated carbocycles. The van der Waals surface area contributed by atoms with E-state index in [1.165, 1.54) is 0 Å². The number of likely N-dealkylation sites (tertiary alicyclic amines) is 1. The van der Waals surface area contributed by atoms with Gasteiger partial charge in [-0.25, -0.2) is 0 Å². The Hall–Kier alpha value is -0.780. The summed E-state index contributed by atoms with van der Waals surface area (Å²) in [4.78, 5) is 14.0. The van der Waals surface area contributed by atoms with Gasteiger partial charge in [-0.2, -0.15) is 0 Å². The third-order valence-corrected chi connectivity index (χ3v) is 4.26. The second-order valence-electron chi connectivity index (χ2n) is 5.34. The molecule has 1 heterocycles. The van der Waals surface area contributed by atoms with E-state index in [0.717, 1.165) is 30.4 Å². The molecule has 1 amide bonds. The van der Waals surface area contributed by atoms with E-state index in [4.69, 9.17) is 10.5 Å². The first-order chi connectivity index (χ1) is 9.56. The van der Waals surface area contributed by atoms with Crippen molar-refractivity contribution < 1.29 is 9.53 Å². The molecule has 0 aromatic heterocycles. The quantitative estimate of drug-likeness (QED) is 0.878. The van der Waals surface area contributed by atoms with E-state index in [9.17, 15) is 4.79 Å². The first kappa shape index (κ1) is 18.3. The van der Waals surface area contributed by atoms with Gasteiger partial charge in [0.2, 0.25) is 0 Å². The van der Waals surface area contributed by atoms with E-state index in [-0.39, 0.29) is 31.0 Å². The normalized spacial score (nSPS) is 19.6. The van der Waals surface area contributed by atoms with E-state index >= 15 is 0 Å². The highest BCUT2D eigenvalue weighted by Crippen LogP contribution is 2.19. The van der Waals surface area contributed by atoms with Crippen LogP contribution in [0.2, 0.25) is 0 Å². The van der Waals surface area contributed by atoms with Crippen molar-refractivity contribution in [1.29, 1.82) is 0 Å². The minimum absolute atomic E-state index is 0. The number of piperidine rings is 1. The second kappa shape index (κ2) is 8.61. The summed E-state index contributed by atoms with van der Waals surface area (Å²) in [5, 5.41) is 0. The summed E-state index contributed by atoms with van der Waals surface area (Å²) in [5.74, 6) is 1.15. The van der Waals surface area contributed by atoms with Gasteiger partial charge in [-0.15, -0.1) is 12.4 Å². The van der Waals surface area contributed by atoms with Crippen molar-refractivity contribution >= 4 is 34.2 Å². The number of hydrogen-bond donors (Lipinski definition) is 1. The van der Waals surface area contributed by atoms with E-state index in [1.54, 1.807) is 0 Å². The number of carbonyl (C=O) groups excluding carboxylic acids is 1. The lowest BCUT2D eigenvalue weighted by Crippen LogP contribution is -2.46. The fourth-order valence-electron chi connectivity index (χ4n) is 2.43. The van der Waals surface area contributed by atoms with Crippen LogP contribution in [0.25, 0.3) is 0 Å². The molecule has 2 N–H and O–H groups in total. The van der Waals surface area contributed by atoms with Gasteiger partial charge in [0, 0.05) is 23.6 Å². The number of benzene rings is 1. The molecule has 118 valence electrons. The highest BCUT2D eigenvalue weighted by Gasteiger charge is 2.25. The third kappa shape index (κ3) is 5.49. The molecule has 1 aromatic rings. The molecule has 4 nitrogen and oxygen atoms in total. The minimum atomic E-state index is 0. The van der Waals surface area contributed by atoms with Crippen LogP contribution in [-0.2, 0) is 4.79 Å². The number of rotatable bonds is 4. The maximum Gasteiger partial charge on any atom is 0.260 e. The Bertz CT molecular complexity index is 453. The number of hydrogen-bond acceptors (Lipinski definition) is 3. The van der Waals surface area contributed by atoms with Gasteiger partial charge in [0.15, 0.2) is 6.61 Å². The molecule has 2 unspecified atom stereocenters. The fraction of sp³-hybridized carbons (Fsp3) is 0.533. The van der Waals surface area contributed by atoms with Gasteiger partial charge in [0.1, 0.15) is 5.75 Å². The Balaban J connectivity index is 0.00000220. The molecule has 6 heteroatoms. The van der Waals surface area contributed by atoms with Crippen LogP contribution < -0.4 is 10.5 Å². The van der Waals surface area contributed by atoms with Crippen molar-refractivity contribution in [2.24, 2.45) is 11.7 Å².